The number of nitrogens with one attached hydrogen (secondary N) is 1. The monoisotopic (exact) mass is 464 g/mol. The standard InChI is InChI=1S/C26H32N4O4/c1-17-23(18(2)34-29-17)25(32)30(16-26(3,4)15-27)14-19-8-6-10-21(12-19)28-24(31)20-9-7-11-22(13-20)33-5/h6-13H,14-16,27H2,1-5H3,(H,28,31). The number of hydrogen-bond acceptors (Lipinski definition) is 6. The highest BCUT2D eigenvalue weighted by atomic mass is 16.5. The molecule has 0 aliphatic rings. The molecule has 2 amide bonds. The highest BCUT2D eigenvalue weighted by molar-refractivity contribution is 6.04. The maximum Gasteiger partial charge on any atom is 0.259 e. The molecule has 34 heavy (non-hydrogen) atoms. The number of ether oxygens (including phenoxy) is 1. The van der Waals surface area contributed by atoms with E-state index in [0.717, 1.165) is 5.56 Å². The summed E-state index contributed by atoms with van der Waals surface area (Å²) in [5.41, 5.74) is 8.69. The van der Waals surface area contributed by atoms with E-state index in [2.05, 4.69) is 10.5 Å². The molecular formula is C26H32N4O4. The van der Waals surface area contributed by atoms with Crippen LogP contribution >= 0.6 is 0 Å². The number of aryl methyl sites for hydroxylation is 2. The second-order valence-corrected chi connectivity index (χ2v) is 9.12. The van der Waals surface area contributed by atoms with Gasteiger partial charge in [-0.25, -0.2) is 0 Å². The first-order chi connectivity index (χ1) is 16.1. The number of benzene rings is 2. The molecular weight excluding hydrogens is 432 g/mol. The quantitative estimate of drug-likeness (QED) is 0.491. The molecule has 8 heteroatoms. The molecule has 0 bridgehead atoms. The summed E-state index contributed by atoms with van der Waals surface area (Å²) in [6, 6.07) is 14.4. The normalized spacial score (nSPS) is 11.2. The van der Waals surface area contributed by atoms with Crippen LogP contribution in [0.2, 0.25) is 0 Å². The number of carbonyl (C=O) groups excluding carboxylic acids is 2. The maximum atomic E-state index is 13.5. The minimum atomic E-state index is -0.285. The minimum absolute atomic E-state index is 0.163. The Morgan fingerprint density at radius 1 is 1.15 bits per heavy atom. The lowest BCUT2D eigenvalue weighted by Crippen LogP contribution is -2.42. The van der Waals surface area contributed by atoms with Gasteiger partial charge in [-0.2, -0.15) is 0 Å². The van der Waals surface area contributed by atoms with Crippen molar-refractivity contribution in [3.63, 3.8) is 0 Å². The third-order valence-corrected chi connectivity index (χ3v) is 5.60. The molecule has 1 heterocycles. The summed E-state index contributed by atoms with van der Waals surface area (Å²) in [5, 5.41) is 6.84. The van der Waals surface area contributed by atoms with E-state index in [1.807, 2.05) is 38.1 Å². The topological polar surface area (TPSA) is 111 Å². The van der Waals surface area contributed by atoms with Crippen LogP contribution in [0.1, 0.15) is 51.6 Å². The van der Waals surface area contributed by atoms with E-state index in [-0.39, 0.29) is 17.2 Å². The summed E-state index contributed by atoms with van der Waals surface area (Å²) in [4.78, 5) is 27.9. The summed E-state index contributed by atoms with van der Waals surface area (Å²) in [6.45, 7) is 8.74. The third kappa shape index (κ3) is 6.02. The number of nitrogens with two attached hydrogens (primary N) is 1. The lowest BCUT2D eigenvalue weighted by molar-refractivity contribution is 0.0670. The van der Waals surface area contributed by atoms with Crippen LogP contribution in [0, 0.1) is 19.3 Å². The summed E-state index contributed by atoms with van der Waals surface area (Å²) in [6.07, 6.45) is 0. The number of hydrogen-bond donors (Lipinski definition) is 2. The van der Waals surface area contributed by atoms with Crippen LogP contribution in [0.3, 0.4) is 0 Å². The van der Waals surface area contributed by atoms with Crippen LogP contribution in [-0.2, 0) is 6.54 Å². The molecule has 180 valence electrons. The average molecular weight is 465 g/mol. The SMILES string of the molecule is COc1cccc(C(=O)Nc2cccc(CN(CC(C)(C)CN)C(=O)c3c(C)noc3C)c2)c1. The van der Waals surface area contributed by atoms with Gasteiger partial charge >= 0.3 is 0 Å². The van der Waals surface area contributed by atoms with Crippen LogP contribution in [0.15, 0.2) is 53.1 Å². The van der Waals surface area contributed by atoms with Gasteiger partial charge in [0.15, 0.2) is 0 Å². The highest BCUT2D eigenvalue weighted by Crippen LogP contribution is 2.23. The smallest absolute Gasteiger partial charge is 0.259 e. The first-order valence-electron chi connectivity index (χ1n) is 11.1. The molecule has 0 unspecified atom stereocenters. The van der Waals surface area contributed by atoms with Crippen molar-refractivity contribution in [3.05, 3.63) is 76.7 Å². The van der Waals surface area contributed by atoms with E-state index in [4.69, 9.17) is 15.0 Å². The first kappa shape index (κ1) is 25.0. The number of methoxy groups -OCH3 is 1. The van der Waals surface area contributed by atoms with Gasteiger partial charge in [-0.15, -0.1) is 0 Å². The predicted molar refractivity (Wildman–Crippen MR) is 131 cm³/mol. The summed E-state index contributed by atoms with van der Waals surface area (Å²) in [5.74, 6) is 0.683. The average Bonchev–Trinajstić information content (AvgIpc) is 3.16. The Morgan fingerprint density at radius 2 is 1.88 bits per heavy atom. The molecule has 3 rings (SSSR count). The van der Waals surface area contributed by atoms with Gasteiger partial charge in [-0.3, -0.25) is 9.59 Å². The van der Waals surface area contributed by atoms with Gasteiger partial charge in [0.05, 0.1) is 12.8 Å². The molecule has 0 atom stereocenters. The van der Waals surface area contributed by atoms with Crippen LogP contribution in [-0.4, -0.2) is 42.1 Å². The molecule has 1 aromatic heterocycles. The van der Waals surface area contributed by atoms with Gasteiger partial charge in [0.1, 0.15) is 17.1 Å². The molecule has 0 aliphatic carbocycles. The fraction of sp³-hybridized carbons (Fsp3) is 0.346. The molecule has 0 spiro atoms. The molecule has 0 saturated carbocycles. The lowest BCUT2D eigenvalue weighted by atomic mass is 9.92. The summed E-state index contributed by atoms with van der Waals surface area (Å²) in [7, 11) is 1.56. The van der Waals surface area contributed by atoms with Crippen LogP contribution < -0.4 is 15.8 Å². The van der Waals surface area contributed by atoms with Crippen molar-refractivity contribution < 1.29 is 18.8 Å². The van der Waals surface area contributed by atoms with E-state index in [9.17, 15) is 9.59 Å². The fourth-order valence-corrected chi connectivity index (χ4v) is 3.66. The zero-order valence-electron chi connectivity index (χ0n) is 20.3. The Balaban J connectivity index is 1.83. The van der Waals surface area contributed by atoms with Crippen molar-refractivity contribution in [1.82, 2.24) is 10.1 Å². The van der Waals surface area contributed by atoms with Gasteiger partial charge in [-0.05, 0) is 61.7 Å². The molecule has 8 nitrogen and oxygen atoms in total. The number of carbonyl (C=O) groups is 2. The Hall–Kier alpha value is -3.65. The Bertz CT molecular complexity index is 1150. The molecule has 2 aromatic carbocycles. The molecule has 0 saturated heterocycles. The summed E-state index contributed by atoms with van der Waals surface area (Å²) < 4.78 is 10.4. The summed E-state index contributed by atoms with van der Waals surface area (Å²) >= 11 is 0. The number of anilines is 1. The third-order valence-electron chi connectivity index (χ3n) is 5.60. The van der Waals surface area contributed by atoms with Crippen molar-refractivity contribution in [3.8, 4) is 5.75 Å². The maximum absolute atomic E-state index is 13.5. The van der Waals surface area contributed by atoms with Crippen molar-refractivity contribution in [2.24, 2.45) is 11.1 Å². The number of rotatable bonds is 9. The molecule has 0 radical (unpaired) electrons. The second-order valence-electron chi connectivity index (χ2n) is 9.12. The van der Waals surface area contributed by atoms with Crippen molar-refractivity contribution in [1.29, 1.82) is 0 Å². The Kier molecular flexibility index (Phi) is 7.73. The molecule has 0 aliphatic heterocycles. The number of amides is 2. The van der Waals surface area contributed by atoms with E-state index in [0.29, 0.717) is 53.7 Å². The van der Waals surface area contributed by atoms with Crippen molar-refractivity contribution in [2.75, 3.05) is 25.5 Å². The van der Waals surface area contributed by atoms with Crippen molar-refractivity contribution in [2.45, 2.75) is 34.2 Å². The zero-order chi connectivity index (χ0) is 24.9. The van der Waals surface area contributed by atoms with Gasteiger partial charge in [-0.1, -0.05) is 37.2 Å². The first-order valence-corrected chi connectivity index (χ1v) is 11.1. The minimum Gasteiger partial charge on any atom is -0.497 e. The number of aromatic nitrogens is 1. The van der Waals surface area contributed by atoms with Gasteiger partial charge in [0.2, 0.25) is 0 Å². The van der Waals surface area contributed by atoms with Crippen LogP contribution in [0.4, 0.5) is 5.69 Å². The fourth-order valence-electron chi connectivity index (χ4n) is 3.66. The molecule has 3 N–H and O–H groups in total. The lowest BCUT2D eigenvalue weighted by Gasteiger charge is -2.32. The largest absolute Gasteiger partial charge is 0.497 e. The Morgan fingerprint density at radius 3 is 2.53 bits per heavy atom. The van der Waals surface area contributed by atoms with Gasteiger partial charge in [0.25, 0.3) is 11.8 Å². The highest BCUT2D eigenvalue weighted by Gasteiger charge is 2.28. The van der Waals surface area contributed by atoms with Crippen LogP contribution in [0.25, 0.3) is 0 Å². The van der Waals surface area contributed by atoms with Gasteiger partial charge in [0, 0.05) is 24.3 Å². The van der Waals surface area contributed by atoms with Crippen molar-refractivity contribution >= 4 is 17.5 Å². The van der Waals surface area contributed by atoms with E-state index < -0.39 is 0 Å². The van der Waals surface area contributed by atoms with Crippen LogP contribution in [0.5, 0.6) is 5.75 Å². The van der Waals surface area contributed by atoms with E-state index in [1.165, 1.54) is 0 Å². The van der Waals surface area contributed by atoms with E-state index in [1.54, 1.807) is 50.1 Å². The number of nitrogens with zero attached hydrogens (tertiary/aromatic N) is 2. The van der Waals surface area contributed by atoms with E-state index >= 15 is 0 Å². The molecule has 0 fully saturated rings. The predicted octanol–water partition coefficient (Wildman–Crippen LogP) is 4.18. The zero-order valence-corrected chi connectivity index (χ0v) is 20.3. The second kappa shape index (κ2) is 10.5. The molecule has 3 aromatic rings. The Labute approximate surface area is 200 Å². The van der Waals surface area contributed by atoms with Gasteiger partial charge < -0.3 is 25.2 Å².